The number of rotatable bonds is 2. The van der Waals surface area contributed by atoms with Crippen LogP contribution in [-0.4, -0.2) is 19.0 Å². The van der Waals surface area contributed by atoms with Crippen molar-refractivity contribution in [3.05, 3.63) is 29.6 Å². The zero-order valence-corrected chi connectivity index (χ0v) is 12.9. The van der Waals surface area contributed by atoms with E-state index >= 15 is 0 Å². The number of anilines is 1. The molecule has 1 heterocycles. The maximum atomic E-state index is 14.4. The predicted octanol–water partition coefficient (Wildman–Crippen LogP) is 2.97. The number of halogens is 1. The second kappa shape index (κ2) is 5.05. The van der Waals surface area contributed by atoms with Gasteiger partial charge < -0.3 is 10.6 Å². The van der Waals surface area contributed by atoms with E-state index in [1.165, 1.54) is 6.07 Å². The van der Waals surface area contributed by atoms with Crippen LogP contribution in [0.3, 0.4) is 0 Å². The second-order valence-electron chi connectivity index (χ2n) is 7.23. The Morgan fingerprint density at radius 2 is 2.14 bits per heavy atom. The summed E-state index contributed by atoms with van der Waals surface area (Å²) in [6.07, 6.45) is 6.17. The number of benzene rings is 1. The molecule has 2 aliphatic carbocycles. The Balaban J connectivity index is 1.70. The summed E-state index contributed by atoms with van der Waals surface area (Å²) in [6, 6.07) is 5.17. The number of hydrogen-bond donors (Lipinski definition) is 1. The Morgan fingerprint density at radius 3 is 2.82 bits per heavy atom. The number of nitrogens with two attached hydrogens (primary N) is 1. The van der Waals surface area contributed by atoms with Crippen LogP contribution in [0.1, 0.15) is 44.1 Å². The SMILES string of the molecule is NC[C@H]1CCC[C@H]1C(=O)N1CC2(CCC2)c2c(F)cccc21. The molecule has 0 aromatic heterocycles. The van der Waals surface area contributed by atoms with E-state index in [1.807, 2.05) is 11.0 Å². The van der Waals surface area contributed by atoms with Crippen molar-refractivity contribution < 1.29 is 9.18 Å². The summed E-state index contributed by atoms with van der Waals surface area (Å²) < 4.78 is 14.4. The van der Waals surface area contributed by atoms with Gasteiger partial charge in [-0.15, -0.1) is 0 Å². The lowest BCUT2D eigenvalue weighted by Crippen LogP contribution is -2.44. The average Bonchev–Trinajstić information content (AvgIpc) is 3.09. The number of amides is 1. The minimum Gasteiger partial charge on any atom is -0.330 e. The Labute approximate surface area is 130 Å². The Hall–Kier alpha value is -1.42. The lowest BCUT2D eigenvalue weighted by molar-refractivity contribution is -0.123. The summed E-state index contributed by atoms with van der Waals surface area (Å²) in [4.78, 5) is 14.9. The lowest BCUT2D eigenvalue weighted by Gasteiger charge is -2.39. The predicted molar refractivity (Wildman–Crippen MR) is 84.2 cm³/mol. The first-order valence-electron chi connectivity index (χ1n) is 8.47. The lowest BCUT2D eigenvalue weighted by atomic mass is 9.65. The highest BCUT2D eigenvalue weighted by Gasteiger charge is 2.51. The molecule has 3 aliphatic rings. The van der Waals surface area contributed by atoms with E-state index in [0.29, 0.717) is 19.0 Å². The van der Waals surface area contributed by atoms with Gasteiger partial charge in [0.05, 0.1) is 5.69 Å². The van der Waals surface area contributed by atoms with Crippen molar-refractivity contribution in [1.29, 1.82) is 0 Å². The number of carbonyl (C=O) groups excluding carboxylic acids is 1. The molecule has 2 atom stereocenters. The third-order valence-corrected chi connectivity index (χ3v) is 6.13. The van der Waals surface area contributed by atoms with E-state index in [9.17, 15) is 9.18 Å². The number of fused-ring (bicyclic) bond motifs is 2. The van der Waals surface area contributed by atoms with Crippen molar-refractivity contribution in [1.82, 2.24) is 0 Å². The van der Waals surface area contributed by atoms with Crippen LogP contribution >= 0.6 is 0 Å². The monoisotopic (exact) mass is 302 g/mol. The molecule has 0 bridgehead atoms. The standard InChI is InChI=1S/C18H23FN2O/c19-14-6-2-7-15-16(14)18(8-3-9-18)11-21(15)17(22)13-5-1-4-12(13)10-20/h2,6-7,12-13H,1,3-5,8-11,20H2/t12-,13-/m1/s1. The Morgan fingerprint density at radius 1 is 1.32 bits per heavy atom. The Bertz CT molecular complexity index is 611. The summed E-state index contributed by atoms with van der Waals surface area (Å²) in [5.74, 6) is 0.344. The van der Waals surface area contributed by atoms with Crippen LogP contribution in [0, 0.1) is 17.7 Å². The van der Waals surface area contributed by atoms with Crippen LogP contribution in [0.5, 0.6) is 0 Å². The van der Waals surface area contributed by atoms with E-state index in [-0.39, 0.29) is 23.1 Å². The zero-order valence-electron chi connectivity index (χ0n) is 12.9. The second-order valence-corrected chi connectivity index (χ2v) is 7.23. The van der Waals surface area contributed by atoms with Gasteiger partial charge in [0.2, 0.25) is 5.91 Å². The first-order chi connectivity index (χ1) is 10.7. The minimum atomic E-state index is -0.144. The van der Waals surface area contributed by atoms with E-state index < -0.39 is 0 Å². The quantitative estimate of drug-likeness (QED) is 0.913. The highest BCUT2D eigenvalue weighted by atomic mass is 19.1. The van der Waals surface area contributed by atoms with Crippen LogP contribution < -0.4 is 10.6 Å². The summed E-state index contributed by atoms with van der Waals surface area (Å²) in [7, 11) is 0. The summed E-state index contributed by atoms with van der Waals surface area (Å²) in [5.41, 5.74) is 7.32. The number of hydrogen-bond acceptors (Lipinski definition) is 2. The van der Waals surface area contributed by atoms with Gasteiger partial charge in [0.25, 0.3) is 0 Å². The molecule has 4 heteroatoms. The van der Waals surface area contributed by atoms with Gasteiger partial charge in [0.1, 0.15) is 5.82 Å². The molecule has 1 aliphatic heterocycles. The topological polar surface area (TPSA) is 46.3 Å². The fraction of sp³-hybridized carbons (Fsp3) is 0.611. The van der Waals surface area contributed by atoms with E-state index in [0.717, 1.165) is 49.8 Å². The van der Waals surface area contributed by atoms with Crippen LogP contribution in [0.4, 0.5) is 10.1 Å². The summed E-state index contributed by atoms with van der Waals surface area (Å²) in [6.45, 7) is 1.24. The molecular formula is C18H23FN2O. The molecule has 1 aromatic carbocycles. The largest absolute Gasteiger partial charge is 0.330 e. The number of carbonyl (C=O) groups is 1. The van der Waals surface area contributed by atoms with Crippen LogP contribution in [0.25, 0.3) is 0 Å². The molecule has 118 valence electrons. The molecule has 1 aromatic rings. The molecule has 2 saturated carbocycles. The fourth-order valence-electron chi connectivity index (χ4n) is 4.78. The molecule has 0 saturated heterocycles. The summed E-state index contributed by atoms with van der Waals surface area (Å²) >= 11 is 0. The van der Waals surface area contributed by atoms with Crippen molar-refractivity contribution in [2.45, 2.75) is 43.9 Å². The highest BCUT2D eigenvalue weighted by molar-refractivity contribution is 5.98. The van der Waals surface area contributed by atoms with Crippen molar-refractivity contribution in [3.63, 3.8) is 0 Å². The molecule has 1 amide bonds. The first-order valence-corrected chi connectivity index (χ1v) is 8.47. The highest BCUT2D eigenvalue weighted by Crippen LogP contribution is 2.54. The van der Waals surface area contributed by atoms with Gasteiger partial charge in [-0.25, -0.2) is 4.39 Å². The molecule has 3 nitrogen and oxygen atoms in total. The molecule has 22 heavy (non-hydrogen) atoms. The summed E-state index contributed by atoms with van der Waals surface area (Å²) in [5, 5.41) is 0. The molecule has 1 spiro atoms. The van der Waals surface area contributed by atoms with Crippen LogP contribution in [0.15, 0.2) is 18.2 Å². The molecule has 0 unspecified atom stereocenters. The number of nitrogens with zero attached hydrogens (tertiary/aromatic N) is 1. The van der Waals surface area contributed by atoms with Crippen molar-refractivity contribution in [2.24, 2.45) is 17.6 Å². The smallest absolute Gasteiger partial charge is 0.230 e. The van der Waals surface area contributed by atoms with Crippen molar-refractivity contribution >= 4 is 11.6 Å². The van der Waals surface area contributed by atoms with Gasteiger partial charge in [0, 0.05) is 23.4 Å². The fourth-order valence-corrected chi connectivity index (χ4v) is 4.78. The molecule has 0 radical (unpaired) electrons. The van der Waals surface area contributed by atoms with Gasteiger partial charge in [-0.05, 0) is 50.3 Å². The molecule has 2 fully saturated rings. The van der Waals surface area contributed by atoms with Gasteiger partial charge in [0.15, 0.2) is 0 Å². The van der Waals surface area contributed by atoms with Crippen molar-refractivity contribution in [3.8, 4) is 0 Å². The molecule has 2 N–H and O–H groups in total. The third-order valence-electron chi connectivity index (χ3n) is 6.13. The van der Waals surface area contributed by atoms with Gasteiger partial charge in [-0.2, -0.15) is 0 Å². The molecular weight excluding hydrogens is 279 g/mol. The van der Waals surface area contributed by atoms with Gasteiger partial charge in [-0.1, -0.05) is 18.9 Å². The van der Waals surface area contributed by atoms with Gasteiger partial charge in [-0.3, -0.25) is 4.79 Å². The maximum absolute atomic E-state index is 14.4. The normalized spacial score (nSPS) is 28.7. The van der Waals surface area contributed by atoms with Crippen molar-refractivity contribution in [2.75, 3.05) is 18.0 Å². The molecule has 4 rings (SSSR count). The minimum absolute atomic E-state index is 0.0244. The third kappa shape index (κ3) is 1.86. The first kappa shape index (κ1) is 14.2. The zero-order chi connectivity index (χ0) is 15.3. The van der Waals surface area contributed by atoms with E-state index in [4.69, 9.17) is 5.73 Å². The van der Waals surface area contributed by atoms with E-state index in [1.54, 1.807) is 6.07 Å². The van der Waals surface area contributed by atoms with Crippen LogP contribution in [0.2, 0.25) is 0 Å². The maximum Gasteiger partial charge on any atom is 0.230 e. The van der Waals surface area contributed by atoms with Crippen LogP contribution in [-0.2, 0) is 10.2 Å². The van der Waals surface area contributed by atoms with E-state index in [2.05, 4.69) is 0 Å². The average molecular weight is 302 g/mol. The Kier molecular flexibility index (Phi) is 3.26. The van der Waals surface area contributed by atoms with Gasteiger partial charge >= 0.3 is 0 Å².